The highest BCUT2D eigenvalue weighted by atomic mass is 15.1. The number of nitrogens with zero attached hydrogens (tertiary/aromatic N) is 3. The van der Waals surface area contributed by atoms with E-state index in [1.54, 1.807) is 12.1 Å². The Labute approximate surface area is 147 Å². The van der Waals surface area contributed by atoms with Gasteiger partial charge in [-0.15, -0.1) is 0 Å². The maximum atomic E-state index is 8.87. The Bertz CT molecular complexity index is 910. The van der Waals surface area contributed by atoms with Crippen LogP contribution < -0.4 is 10.6 Å². The number of nitriles is 1. The van der Waals surface area contributed by atoms with Gasteiger partial charge in [0.25, 0.3) is 0 Å². The van der Waals surface area contributed by atoms with Gasteiger partial charge in [0.2, 0.25) is 5.95 Å². The third-order valence-corrected chi connectivity index (χ3v) is 3.79. The fraction of sp³-hybridized carbons (Fsp3) is 0.150. The molecule has 124 valence electrons. The zero-order valence-corrected chi connectivity index (χ0v) is 14.2. The smallest absolute Gasteiger partial charge is 0.229 e. The van der Waals surface area contributed by atoms with Crippen LogP contribution in [0.25, 0.3) is 0 Å². The first kappa shape index (κ1) is 16.5. The predicted molar refractivity (Wildman–Crippen MR) is 100 cm³/mol. The number of hydrogen-bond donors (Lipinski definition) is 2. The van der Waals surface area contributed by atoms with Crippen LogP contribution >= 0.6 is 0 Å². The molecule has 0 saturated carbocycles. The fourth-order valence-electron chi connectivity index (χ4n) is 2.53. The van der Waals surface area contributed by atoms with Crippen molar-refractivity contribution in [3.05, 3.63) is 71.4 Å². The summed E-state index contributed by atoms with van der Waals surface area (Å²) < 4.78 is 0. The average molecular weight is 329 g/mol. The summed E-state index contributed by atoms with van der Waals surface area (Å²) in [6, 6.07) is 19.4. The van der Waals surface area contributed by atoms with Crippen molar-refractivity contribution >= 4 is 23.1 Å². The van der Waals surface area contributed by atoms with E-state index in [0.717, 1.165) is 29.3 Å². The second-order valence-corrected chi connectivity index (χ2v) is 5.67. The molecule has 0 amide bonds. The van der Waals surface area contributed by atoms with Crippen LogP contribution in [0.15, 0.2) is 54.6 Å². The van der Waals surface area contributed by atoms with Gasteiger partial charge in [0.1, 0.15) is 5.82 Å². The molecule has 0 radical (unpaired) electrons. The molecular formula is C20H19N5. The second kappa shape index (κ2) is 7.45. The van der Waals surface area contributed by atoms with Gasteiger partial charge >= 0.3 is 0 Å². The SMILES string of the molecule is CCc1ccccc1Nc1cc(C)nc(Nc2ccc(C#N)cc2)n1. The van der Waals surface area contributed by atoms with E-state index in [9.17, 15) is 0 Å². The number of benzene rings is 2. The molecule has 2 aromatic carbocycles. The van der Waals surface area contributed by atoms with E-state index in [2.05, 4.69) is 39.7 Å². The average Bonchev–Trinajstić information content (AvgIpc) is 2.62. The van der Waals surface area contributed by atoms with E-state index < -0.39 is 0 Å². The van der Waals surface area contributed by atoms with Crippen LogP contribution in [-0.4, -0.2) is 9.97 Å². The van der Waals surface area contributed by atoms with Crippen LogP contribution in [0.3, 0.4) is 0 Å². The van der Waals surface area contributed by atoms with Gasteiger partial charge in [-0.2, -0.15) is 10.2 Å². The molecule has 25 heavy (non-hydrogen) atoms. The number of aryl methyl sites for hydroxylation is 2. The van der Waals surface area contributed by atoms with E-state index in [1.807, 2.05) is 43.3 Å². The summed E-state index contributed by atoms with van der Waals surface area (Å²) in [7, 11) is 0. The Morgan fingerprint density at radius 1 is 1.00 bits per heavy atom. The van der Waals surface area contributed by atoms with Gasteiger partial charge in [-0.1, -0.05) is 25.1 Å². The third-order valence-electron chi connectivity index (χ3n) is 3.79. The molecule has 2 N–H and O–H groups in total. The van der Waals surface area contributed by atoms with Crippen molar-refractivity contribution in [3.8, 4) is 6.07 Å². The lowest BCUT2D eigenvalue weighted by Crippen LogP contribution is -2.03. The number of nitrogens with one attached hydrogen (secondary N) is 2. The number of hydrogen-bond acceptors (Lipinski definition) is 5. The van der Waals surface area contributed by atoms with Crippen LogP contribution in [0.2, 0.25) is 0 Å². The van der Waals surface area contributed by atoms with Gasteiger partial charge in [0.05, 0.1) is 11.6 Å². The van der Waals surface area contributed by atoms with Gasteiger partial charge in [0, 0.05) is 23.1 Å². The molecular weight excluding hydrogens is 310 g/mol. The normalized spacial score (nSPS) is 10.1. The lowest BCUT2D eigenvalue weighted by atomic mass is 10.1. The highest BCUT2D eigenvalue weighted by Gasteiger charge is 2.06. The standard InChI is InChI=1S/C20H19N5/c1-3-16-6-4-5-7-18(16)24-19-12-14(2)22-20(25-19)23-17-10-8-15(13-21)9-11-17/h4-12H,3H2,1-2H3,(H2,22,23,24,25). The second-order valence-electron chi connectivity index (χ2n) is 5.67. The summed E-state index contributed by atoms with van der Waals surface area (Å²) in [4.78, 5) is 8.97. The number of para-hydroxylation sites is 1. The first-order chi connectivity index (χ1) is 12.2. The molecule has 1 aromatic heterocycles. The number of rotatable bonds is 5. The summed E-state index contributed by atoms with van der Waals surface area (Å²) in [6.07, 6.45) is 0.948. The van der Waals surface area contributed by atoms with Gasteiger partial charge < -0.3 is 10.6 Å². The molecule has 0 aliphatic rings. The topological polar surface area (TPSA) is 73.6 Å². The van der Waals surface area contributed by atoms with Crippen LogP contribution in [-0.2, 0) is 6.42 Å². The van der Waals surface area contributed by atoms with Crippen molar-refractivity contribution in [2.24, 2.45) is 0 Å². The first-order valence-corrected chi connectivity index (χ1v) is 8.15. The van der Waals surface area contributed by atoms with E-state index in [-0.39, 0.29) is 0 Å². The zero-order valence-electron chi connectivity index (χ0n) is 14.2. The Hall–Kier alpha value is -3.39. The summed E-state index contributed by atoms with van der Waals surface area (Å²) in [5, 5.41) is 15.4. The monoisotopic (exact) mass is 329 g/mol. The highest BCUT2D eigenvalue weighted by molar-refractivity contribution is 5.63. The molecule has 0 unspecified atom stereocenters. The Kier molecular flexibility index (Phi) is 4.91. The third kappa shape index (κ3) is 4.12. The van der Waals surface area contributed by atoms with E-state index >= 15 is 0 Å². The van der Waals surface area contributed by atoms with Crippen molar-refractivity contribution in [1.29, 1.82) is 5.26 Å². The lowest BCUT2D eigenvalue weighted by Gasteiger charge is -2.12. The molecule has 0 aliphatic carbocycles. The Morgan fingerprint density at radius 3 is 2.48 bits per heavy atom. The van der Waals surface area contributed by atoms with Gasteiger partial charge in [0.15, 0.2) is 0 Å². The molecule has 0 fully saturated rings. The van der Waals surface area contributed by atoms with E-state index in [4.69, 9.17) is 5.26 Å². The molecule has 5 nitrogen and oxygen atoms in total. The van der Waals surface area contributed by atoms with Crippen molar-refractivity contribution in [3.63, 3.8) is 0 Å². The minimum Gasteiger partial charge on any atom is -0.340 e. The van der Waals surface area contributed by atoms with Crippen LogP contribution in [0.5, 0.6) is 0 Å². The van der Waals surface area contributed by atoms with Crippen molar-refractivity contribution in [2.75, 3.05) is 10.6 Å². The predicted octanol–water partition coefficient (Wildman–Crippen LogP) is 4.71. The lowest BCUT2D eigenvalue weighted by molar-refractivity contribution is 1.10. The summed E-state index contributed by atoms with van der Waals surface area (Å²) >= 11 is 0. The maximum absolute atomic E-state index is 8.87. The molecule has 0 saturated heterocycles. The van der Waals surface area contributed by atoms with E-state index in [1.165, 1.54) is 5.56 Å². The molecule has 1 heterocycles. The summed E-state index contributed by atoms with van der Waals surface area (Å²) in [5.41, 5.74) is 4.61. The number of aromatic nitrogens is 2. The molecule has 0 spiro atoms. The molecule has 5 heteroatoms. The molecule has 3 aromatic rings. The summed E-state index contributed by atoms with van der Waals surface area (Å²) in [5.74, 6) is 1.26. The van der Waals surface area contributed by atoms with Crippen LogP contribution in [0, 0.1) is 18.3 Å². The molecule has 3 rings (SSSR count). The zero-order chi connectivity index (χ0) is 17.6. The van der Waals surface area contributed by atoms with Crippen molar-refractivity contribution in [1.82, 2.24) is 9.97 Å². The van der Waals surface area contributed by atoms with Gasteiger partial charge in [-0.25, -0.2) is 4.98 Å². The molecule has 0 aliphatic heterocycles. The van der Waals surface area contributed by atoms with Gasteiger partial charge in [-0.05, 0) is 49.2 Å². The minimum absolute atomic E-state index is 0.515. The Morgan fingerprint density at radius 2 is 1.76 bits per heavy atom. The highest BCUT2D eigenvalue weighted by Crippen LogP contribution is 2.22. The quantitative estimate of drug-likeness (QED) is 0.709. The summed E-state index contributed by atoms with van der Waals surface area (Å²) in [6.45, 7) is 4.06. The van der Waals surface area contributed by atoms with Crippen molar-refractivity contribution < 1.29 is 0 Å². The van der Waals surface area contributed by atoms with Crippen molar-refractivity contribution in [2.45, 2.75) is 20.3 Å². The van der Waals surface area contributed by atoms with E-state index in [0.29, 0.717) is 11.5 Å². The minimum atomic E-state index is 0.515. The largest absolute Gasteiger partial charge is 0.340 e. The van der Waals surface area contributed by atoms with Gasteiger partial charge in [-0.3, -0.25) is 0 Å². The van der Waals surface area contributed by atoms with Crippen LogP contribution in [0.4, 0.5) is 23.1 Å². The molecule has 0 atom stereocenters. The first-order valence-electron chi connectivity index (χ1n) is 8.15. The number of anilines is 4. The fourth-order valence-corrected chi connectivity index (χ4v) is 2.53. The Balaban J connectivity index is 1.83. The molecule has 0 bridgehead atoms. The van der Waals surface area contributed by atoms with Crippen LogP contribution in [0.1, 0.15) is 23.7 Å². The maximum Gasteiger partial charge on any atom is 0.229 e.